The van der Waals surface area contributed by atoms with Gasteiger partial charge in [0, 0.05) is 0 Å². The van der Waals surface area contributed by atoms with Gasteiger partial charge >= 0.3 is 0 Å². The lowest BCUT2D eigenvalue weighted by molar-refractivity contribution is -0.109. The van der Waals surface area contributed by atoms with Crippen molar-refractivity contribution in [1.29, 1.82) is 5.26 Å². The Bertz CT molecular complexity index is 93.5. The van der Waals surface area contributed by atoms with Gasteiger partial charge in [0.2, 0.25) is 0 Å². The fourth-order valence-corrected chi connectivity index (χ4v) is 0.236. The molecule has 0 saturated carbocycles. The zero-order valence-corrected chi connectivity index (χ0v) is 4.36. The first kappa shape index (κ1) is 5.59. The van der Waals surface area contributed by atoms with E-state index in [0.29, 0.717) is 0 Å². The van der Waals surface area contributed by atoms with Crippen LogP contribution in [0.4, 0.5) is 0 Å². The van der Waals surface area contributed by atoms with Gasteiger partial charge in [-0.05, 0) is 6.92 Å². The van der Waals surface area contributed by atoms with Crippen LogP contribution < -0.4 is 0 Å². The summed E-state index contributed by atoms with van der Waals surface area (Å²) >= 11 is 0. The Balaban J connectivity index is 3.13. The Morgan fingerprint density at radius 1 is 2.00 bits per heavy atom. The van der Waals surface area contributed by atoms with E-state index in [9.17, 15) is 4.79 Å². The zero-order chi connectivity index (χ0) is 4.99. The number of rotatable bonds is 1. The van der Waals surface area contributed by atoms with Gasteiger partial charge in [-0.2, -0.15) is 5.26 Å². The average molecular weight is 101 g/mol. The first-order chi connectivity index (χ1) is 2.77. The van der Waals surface area contributed by atoms with E-state index in [-0.39, 0.29) is 14.1 Å². The highest BCUT2D eigenvalue weighted by molar-refractivity contribution is 7.62. The molecule has 0 aliphatic rings. The van der Waals surface area contributed by atoms with Crippen LogP contribution in [0.5, 0.6) is 0 Å². The normalized spacial score (nSPS) is 8.67. The van der Waals surface area contributed by atoms with Crippen molar-refractivity contribution in [3.8, 4) is 5.81 Å². The van der Waals surface area contributed by atoms with E-state index in [0.717, 1.165) is 0 Å². The Labute approximate surface area is 37.9 Å². The molecule has 0 aromatic heterocycles. The summed E-state index contributed by atoms with van der Waals surface area (Å²) in [5.41, 5.74) is -0.0440. The van der Waals surface area contributed by atoms with Crippen molar-refractivity contribution in [2.24, 2.45) is 0 Å². The lowest BCUT2D eigenvalue weighted by Gasteiger charge is -1.69. The van der Waals surface area contributed by atoms with Crippen molar-refractivity contribution >= 4 is 14.1 Å². The molecule has 1 unspecified atom stereocenters. The molecule has 0 saturated heterocycles. The molecule has 0 fully saturated rings. The Morgan fingerprint density at radius 3 is 2.50 bits per heavy atom. The van der Waals surface area contributed by atoms with Gasteiger partial charge in [-0.3, -0.25) is 4.79 Å². The van der Waals surface area contributed by atoms with E-state index in [1.54, 1.807) is 5.81 Å². The van der Waals surface area contributed by atoms with Gasteiger partial charge in [0.15, 0.2) is 5.52 Å². The first-order valence-electron chi connectivity index (χ1n) is 1.43. The molecule has 6 heavy (non-hydrogen) atoms. The third-order valence-corrected chi connectivity index (χ3v) is 0.696. The van der Waals surface area contributed by atoms with Gasteiger partial charge in [0.05, 0.1) is 14.4 Å². The lowest BCUT2D eigenvalue weighted by atomic mass is 10.9. The van der Waals surface area contributed by atoms with Gasteiger partial charge in [-0.15, -0.1) is 0 Å². The van der Waals surface area contributed by atoms with Gasteiger partial charge in [0.25, 0.3) is 0 Å². The maximum atomic E-state index is 9.83. The smallest absolute Gasteiger partial charge is 0.162 e. The summed E-state index contributed by atoms with van der Waals surface area (Å²) in [5, 5.41) is 7.78. The molecular formula is C3H4NOP. The molecule has 0 bridgehead atoms. The quantitative estimate of drug-likeness (QED) is 0.456. The number of hydrogen-bond acceptors (Lipinski definition) is 2. The van der Waals surface area contributed by atoms with E-state index in [1.807, 2.05) is 0 Å². The Morgan fingerprint density at radius 2 is 2.50 bits per heavy atom. The lowest BCUT2D eigenvalue weighted by Crippen LogP contribution is -1.68. The van der Waals surface area contributed by atoms with Crippen molar-refractivity contribution in [1.82, 2.24) is 0 Å². The summed E-state index contributed by atoms with van der Waals surface area (Å²) < 4.78 is 0. The molecule has 0 spiro atoms. The summed E-state index contributed by atoms with van der Waals surface area (Å²) in [5.74, 6) is 1.75. The van der Waals surface area contributed by atoms with E-state index in [4.69, 9.17) is 5.26 Å². The highest BCUT2D eigenvalue weighted by Crippen LogP contribution is 2.04. The minimum Gasteiger partial charge on any atom is -0.294 e. The minimum absolute atomic E-state index is 0.0440. The summed E-state index contributed by atoms with van der Waals surface area (Å²) in [7, 11) is -0.162. The standard InChI is InChI=1S/C3H4NOP/c1-3(5)6-2-4/h6H,1H3. The van der Waals surface area contributed by atoms with Gasteiger partial charge in [-0.25, -0.2) is 0 Å². The third kappa shape index (κ3) is 3.59. The van der Waals surface area contributed by atoms with E-state index in [1.165, 1.54) is 6.92 Å². The van der Waals surface area contributed by atoms with Gasteiger partial charge in [0.1, 0.15) is 0 Å². The van der Waals surface area contributed by atoms with Crippen LogP contribution in [0.3, 0.4) is 0 Å². The Hall–Kier alpha value is -0.410. The monoisotopic (exact) mass is 101 g/mol. The molecule has 0 amide bonds. The van der Waals surface area contributed by atoms with Crippen LogP contribution in [-0.2, 0) is 4.79 Å². The molecule has 1 atom stereocenters. The fourth-order valence-electron chi connectivity index (χ4n) is 0.0787. The second kappa shape index (κ2) is 2.81. The van der Waals surface area contributed by atoms with Crippen LogP contribution in [0.15, 0.2) is 0 Å². The number of carbonyl (C=O) groups is 1. The highest BCUT2D eigenvalue weighted by atomic mass is 31.1. The number of nitriles is 1. The molecule has 3 heteroatoms. The molecule has 0 aromatic rings. The molecule has 0 N–H and O–H groups in total. The first-order valence-corrected chi connectivity index (χ1v) is 2.43. The molecule has 0 radical (unpaired) electrons. The van der Waals surface area contributed by atoms with Crippen molar-refractivity contribution in [2.75, 3.05) is 0 Å². The van der Waals surface area contributed by atoms with Crippen molar-refractivity contribution in [3.63, 3.8) is 0 Å². The van der Waals surface area contributed by atoms with Crippen LogP contribution in [0, 0.1) is 11.1 Å². The van der Waals surface area contributed by atoms with E-state index < -0.39 is 0 Å². The fraction of sp³-hybridized carbons (Fsp3) is 0.333. The number of nitrogens with zero attached hydrogens (tertiary/aromatic N) is 1. The number of hydrogen-bond donors (Lipinski definition) is 0. The molecule has 0 heterocycles. The minimum atomic E-state index is -0.162. The highest BCUT2D eigenvalue weighted by Gasteiger charge is 1.83. The van der Waals surface area contributed by atoms with Gasteiger partial charge < -0.3 is 0 Å². The SMILES string of the molecule is CC(=O)PC#N. The second-order valence-corrected chi connectivity index (χ2v) is 1.97. The summed E-state index contributed by atoms with van der Waals surface area (Å²) in [6, 6.07) is 0. The molecule has 0 aromatic carbocycles. The average Bonchev–Trinajstić information content (AvgIpc) is 1.35. The zero-order valence-electron chi connectivity index (χ0n) is 3.36. The summed E-state index contributed by atoms with van der Waals surface area (Å²) in [6.45, 7) is 1.40. The molecular weight excluding hydrogens is 97.0 g/mol. The van der Waals surface area contributed by atoms with Crippen LogP contribution in [-0.4, -0.2) is 5.52 Å². The molecule has 0 aliphatic carbocycles. The third-order valence-electron chi connectivity index (χ3n) is 0.232. The molecule has 2 nitrogen and oxygen atoms in total. The van der Waals surface area contributed by atoms with Crippen LogP contribution in [0.1, 0.15) is 6.92 Å². The predicted molar refractivity (Wildman–Crippen MR) is 24.6 cm³/mol. The van der Waals surface area contributed by atoms with E-state index >= 15 is 0 Å². The van der Waals surface area contributed by atoms with E-state index in [2.05, 4.69) is 0 Å². The molecule has 32 valence electrons. The van der Waals surface area contributed by atoms with Crippen molar-refractivity contribution in [3.05, 3.63) is 0 Å². The van der Waals surface area contributed by atoms with Crippen LogP contribution >= 0.6 is 8.58 Å². The van der Waals surface area contributed by atoms with Gasteiger partial charge in [-0.1, -0.05) is 0 Å². The maximum absolute atomic E-state index is 9.83. The van der Waals surface area contributed by atoms with Crippen LogP contribution in [0.25, 0.3) is 0 Å². The topological polar surface area (TPSA) is 40.9 Å². The van der Waals surface area contributed by atoms with Crippen LogP contribution in [0.2, 0.25) is 0 Å². The molecule has 0 aliphatic heterocycles. The van der Waals surface area contributed by atoms with Crippen molar-refractivity contribution in [2.45, 2.75) is 6.92 Å². The number of carbonyl (C=O) groups excluding carboxylic acids is 1. The summed E-state index contributed by atoms with van der Waals surface area (Å²) in [6.07, 6.45) is 0. The maximum Gasteiger partial charge on any atom is 0.162 e. The Kier molecular flexibility index (Phi) is 2.62. The molecule has 0 rings (SSSR count). The van der Waals surface area contributed by atoms with Crippen molar-refractivity contribution < 1.29 is 4.79 Å². The largest absolute Gasteiger partial charge is 0.294 e. The second-order valence-electron chi connectivity index (χ2n) is 0.793. The summed E-state index contributed by atoms with van der Waals surface area (Å²) in [4.78, 5) is 9.83. The predicted octanol–water partition coefficient (Wildman–Crippen LogP) is 0.692.